The van der Waals surface area contributed by atoms with Crippen LogP contribution in [0.1, 0.15) is 24.1 Å². The molecule has 19 heavy (non-hydrogen) atoms. The predicted octanol–water partition coefficient (Wildman–Crippen LogP) is 2.75. The number of hydrogen-bond donors (Lipinski definition) is 1. The molecule has 1 atom stereocenters. The van der Waals surface area contributed by atoms with E-state index in [1.54, 1.807) is 0 Å². The van der Waals surface area contributed by atoms with E-state index in [1.807, 2.05) is 0 Å². The number of ether oxygens (including phenoxy) is 1. The Morgan fingerprint density at radius 2 is 2.05 bits per heavy atom. The number of halogens is 4. The lowest BCUT2D eigenvalue weighted by Gasteiger charge is -2.23. The highest BCUT2D eigenvalue weighted by Gasteiger charge is 2.48. The molecule has 0 aromatic heterocycles. The fraction of sp³-hybridized carbons (Fsp3) is 0.417. The average molecular weight is 298 g/mol. The van der Waals surface area contributed by atoms with Crippen molar-refractivity contribution in [2.24, 2.45) is 5.73 Å². The largest absolute Gasteiger partial charge is 0.462 e. The van der Waals surface area contributed by atoms with Gasteiger partial charge in [-0.1, -0.05) is 12.1 Å². The molecule has 0 heterocycles. The second-order valence-corrected chi connectivity index (χ2v) is 3.78. The van der Waals surface area contributed by atoms with Gasteiger partial charge in [0.25, 0.3) is 0 Å². The molecule has 3 nitrogen and oxygen atoms in total. The average Bonchev–Trinajstić information content (AvgIpc) is 2.32. The van der Waals surface area contributed by atoms with Crippen LogP contribution in [0.3, 0.4) is 0 Å². The summed E-state index contributed by atoms with van der Waals surface area (Å²) in [7, 11) is 0. The first-order valence-corrected chi connectivity index (χ1v) is 5.38. The van der Waals surface area contributed by atoms with Crippen molar-refractivity contribution >= 4 is 18.4 Å². The molecule has 0 radical (unpaired) electrons. The van der Waals surface area contributed by atoms with Gasteiger partial charge >= 0.3 is 11.9 Å². The number of esters is 1. The zero-order chi connectivity index (χ0) is 13.9. The van der Waals surface area contributed by atoms with Gasteiger partial charge in [0, 0.05) is 0 Å². The maximum Gasteiger partial charge on any atom is 0.379 e. The molecule has 1 rings (SSSR count). The molecule has 0 saturated heterocycles. The minimum absolute atomic E-state index is 0. The molecular formula is C12H15ClF3NO2. The zero-order valence-electron chi connectivity index (χ0n) is 10.5. The van der Waals surface area contributed by atoms with E-state index in [0.717, 1.165) is 6.07 Å². The van der Waals surface area contributed by atoms with Crippen LogP contribution in [0.4, 0.5) is 13.2 Å². The van der Waals surface area contributed by atoms with Crippen molar-refractivity contribution in [3.05, 3.63) is 35.1 Å². The summed E-state index contributed by atoms with van der Waals surface area (Å²) in [6, 6.07) is 1.72. The number of carbonyl (C=O) groups excluding carboxylic acids is 1. The zero-order valence-corrected chi connectivity index (χ0v) is 11.3. The summed E-state index contributed by atoms with van der Waals surface area (Å²) in [5.74, 6) is -6.25. The Hall–Kier alpha value is -1.27. The molecule has 1 aromatic rings. The van der Waals surface area contributed by atoms with Crippen LogP contribution < -0.4 is 5.73 Å². The van der Waals surface area contributed by atoms with Gasteiger partial charge in [0.2, 0.25) is 0 Å². The normalized spacial score (nSPS) is 12.5. The number of carbonyl (C=O) groups is 1. The van der Waals surface area contributed by atoms with Gasteiger partial charge in [-0.25, -0.2) is 9.18 Å². The second kappa shape index (κ2) is 6.77. The lowest BCUT2D eigenvalue weighted by molar-refractivity contribution is -0.174. The molecule has 0 unspecified atom stereocenters. The van der Waals surface area contributed by atoms with Crippen LogP contribution in [0.25, 0.3) is 0 Å². The molecule has 0 fully saturated rings. The summed E-state index contributed by atoms with van der Waals surface area (Å²) in [5, 5.41) is 0. The minimum Gasteiger partial charge on any atom is -0.462 e. The monoisotopic (exact) mass is 297 g/mol. The third-order valence-corrected chi connectivity index (χ3v) is 2.58. The summed E-state index contributed by atoms with van der Waals surface area (Å²) < 4.78 is 44.9. The van der Waals surface area contributed by atoms with Crippen LogP contribution in [-0.4, -0.2) is 18.5 Å². The van der Waals surface area contributed by atoms with Crippen LogP contribution in [0.5, 0.6) is 0 Å². The maximum absolute atomic E-state index is 13.7. The molecule has 0 aliphatic heterocycles. The quantitative estimate of drug-likeness (QED) is 0.870. The van der Waals surface area contributed by atoms with Crippen molar-refractivity contribution in [1.29, 1.82) is 0 Å². The van der Waals surface area contributed by atoms with E-state index >= 15 is 0 Å². The van der Waals surface area contributed by atoms with E-state index in [9.17, 15) is 18.0 Å². The summed E-state index contributed by atoms with van der Waals surface area (Å²) >= 11 is 0. The van der Waals surface area contributed by atoms with Gasteiger partial charge in [-0.05, 0) is 31.0 Å². The van der Waals surface area contributed by atoms with E-state index in [4.69, 9.17) is 5.73 Å². The summed E-state index contributed by atoms with van der Waals surface area (Å²) in [6.45, 7) is 2.56. The Labute approximate surface area is 115 Å². The summed E-state index contributed by atoms with van der Waals surface area (Å²) in [4.78, 5) is 11.1. The van der Waals surface area contributed by atoms with Crippen LogP contribution in [-0.2, 0) is 9.53 Å². The van der Waals surface area contributed by atoms with Crippen LogP contribution in [0, 0.1) is 12.7 Å². The van der Waals surface area contributed by atoms with Crippen molar-refractivity contribution in [3.8, 4) is 0 Å². The topological polar surface area (TPSA) is 52.3 Å². The van der Waals surface area contributed by atoms with Gasteiger partial charge in [-0.15, -0.1) is 12.4 Å². The fourth-order valence-corrected chi connectivity index (χ4v) is 1.51. The van der Waals surface area contributed by atoms with Gasteiger partial charge < -0.3 is 10.5 Å². The molecule has 1 aromatic carbocycles. The standard InChI is InChI=1S/C12H14F3NO2.ClH/c1-3-18-11(17)12(14,15)10(16)8-5-4-6-9(13)7(8)2;/h4-6,10H,3,16H2,1-2H3;1H/t10-;/m1./s1. The van der Waals surface area contributed by atoms with E-state index < -0.39 is 23.8 Å². The smallest absolute Gasteiger partial charge is 0.379 e. The third-order valence-electron chi connectivity index (χ3n) is 2.58. The van der Waals surface area contributed by atoms with Crippen LogP contribution in [0.15, 0.2) is 18.2 Å². The number of nitrogens with two attached hydrogens (primary N) is 1. The number of alkyl halides is 2. The number of rotatable bonds is 4. The van der Waals surface area contributed by atoms with Crippen molar-refractivity contribution in [3.63, 3.8) is 0 Å². The molecule has 0 spiro atoms. The first-order chi connectivity index (χ1) is 8.32. The highest BCUT2D eigenvalue weighted by Crippen LogP contribution is 2.32. The van der Waals surface area contributed by atoms with Crippen molar-refractivity contribution in [1.82, 2.24) is 0 Å². The van der Waals surface area contributed by atoms with Crippen LogP contribution in [0.2, 0.25) is 0 Å². The predicted molar refractivity (Wildman–Crippen MR) is 66.9 cm³/mol. The van der Waals surface area contributed by atoms with Crippen molar-refractivity contribution in [2.45, 2.75) is 25.8 Å². The highest BCUT2D eigenvalue weighted by molar-refractivity contribution is 5.85. The molecule has 0 aliphatic carbocycles. The van der Waals surface area contributed by atoms with Gasteiger partial charge in [0.15, 0.2) is 0 Å². The lowest BCUT2D eigenvalue weighted by Crippen LogP contribution is -2.42. The first kappa shape index (κ1) is 17.7. The fourth-order valence-electron chi connectivity index (χ4n) is 1.51. The molecular weight excluding hydrogens is 283 g/mol. The molecule has 108 valence electrons. The first-order valence-electron chi connectivity index (χ1n) is 5.38. The van der Waals surface area contributed by atoms with Crippen molar-refractivity contribution in [2.75, 3.05) is 6.61 Å². The highest BCUT2D eigenvalue weighted by atomic mass is 35.5. The Bertz CT molecular complexity index is 455. The molecule has 0 bridgehead atoms. The summed E-state index contributed by atoms with van der Waals surface area (Å²) in [6.07, 6.45) is 0. The van der Waals surface area contributed by atoms with E-state index in [1.165, 1.54) is 26.0 Å². The second-order valence-electron chi connectivity index (χ2n) is 3.78. The lowest BCUT2D eigenvalue weighted by atomic mass is 9.96. The number of benzene rings is 1. The van der Waals surface area contributed by atoms with E-state index in [0.29, 0.717) is 0 Å². The Kier molecular flexibility index (Phi) is 6.32. The Morgan fingerprint density at radius 1 is 1.47 bits per heavy atom. The van der Waals surface area contributed by atoms with Gasteiger partial charge in [0.1, 0.15) is 11.9 Å². The molecule has 2 N–H and O–H groups in total. The summed E-state index contributed by atoms with van der Waals surface area (Å²) in [5.41, 5.74) is 5.23. The molecule has 0 amide bonds. The Balaban J connectivity index is 0.00000324. The van der Waals surface area contributed by atoms with Gasteiger partial charge in [-0.2, -0.15) is 8.78 Å². The van der Waals surface area contributed by atoms with E-state index in [2.05, 4.69) is 4.74 Å². The Morgan fingerprint density at radius 3 is 2.58 bits per heavy atom. The number of hydrogen-bond acceptors (Lipinski definition) is 3. The molecule has 0 aliphatic rings. The third kappa shape index (κ3) is 3.61. The van der Waals surface area contributed by atoms with E-state index in [-0.39, 0.29) is 30.1 Å². The molecule has 0 saturated carbocycles. The SMILES string of the molecule is CCOC(=O)C(F)(F)[C@H](N)c1cccc(F)c1C.Cl. The molecule has 7 heteroatoms. The minimum atomic E-state index is -3.89. The van der Waals surface area contributed by atoms with Gasteiger partial charge in [0.05, 0.1) is 6.61 Å². The van der Waals surface area contributed by atoms with Gasteiger partial charge in [-0.3, -0.25) is 0 Å². The maximum atomic E-state index is 13.7. The van der Waals surface area contributed by atoms with Crippen molar-refractivity contribution < 1.29 is 22.7 Å². The van der Waals surface area contributed by atoms with Crippen LogP contribution >= 0.6 is 12.4 Å².